The predicted molar refractivity (Wildman–Crippen MR) is 107 cm³/mol. The Labute approximate surface area is 163 Å². The van der Waals surface area contributed by atoms with Gasteiger partial charge in [0.15, 0.2) is 0 Å². The van der Waals surface area contributed by atoms with Crippen molar-refractivity contribution < 1.29 is 4.79 Å². The molecular formula is C21H22N6O. The van der Waals surface area contributed by atoms with Gasteiger partial charge in [-0.3, -0.25) is 9.78 Å². The number of piperidine rings is 1. The molecule has 3 aromatic rings. The summed E-state index contributed by atoms with van der Waals surface area (Å²) in [6, 6.07) is 9.76. The third-order valence-electron chi connectivity index (χ3n) is 4.83. The lowest BCUT2D eigenvalue weighted by atomic mass is 10.0. The minimum absolute atomic E-state index is 0.0354. The number of hydrogen-bond donors (Lipinski definition) is 1. The van der Waals surface area contributed by atoms with Gasteiger partial charge in [-0.25, -0.2) is 15.0 Å². The van der Waals surface area contributed by atoms with Crippen LogP contribution >= 0.6 is 0 Å². The Hall–Kier alpha value is -3.35. The third kappa shape index (κ3) is 3.98. The maximum Gasteiger partial charge on any atom is 0.255 e. The van der Waals surface area contributed by atoms with Crippen LogP contribution in [0.4, 0.5) is 5.82 Å². The Morgan fingerprint density at radius 1 is 1.14 bits per heavy atom. The van der Waals surface area contributed by atoms with Crippen LogP contribution in [-0.4, -0.2) is 45.0 Å². The smallest absolute Gasteiger partial charge is 0.255 e. The number of aromatic nitrogens is 4. The van der Waals surface area contributed by atoms with Crippen LogP contribution in [0.2, 0.25) is 0 Å². The molecule has 7 heteroatoms. The summed E-state index contributed by atoms with van der Waals surface area (Å²) in [5.41, 5.74) is 2.06. The normalized spacial score (nSPS) is 16.6. The number of nitrogens with one attached hydrogen (secondary N) is 1. The van der Waals surface area contributed by atoms with Crippen molar-refractivity contribution in [3.63, 3.8) is 0 Å². The first kappa shape index (κ1) is 18.0. The molecule has 1 atom stereocenters. The van der Waals surface area contributed by atoms with Crippen molar-refractivity contribution in [1.29, 1.82) is 0 Å². The van der Waals surface area contributed by atoms with Crippen LogP contribution in [0.1, 0.15) is 29.0 Å². The zero-order chi connectivity index (χ0) is 19.3. The first-order valence-corrected chi connectivity index (χ1v) is 9.41. The van der Waals surface area contributed by atoms with Gasteiger partial charge in [0.2, 0.25) is 0 Å². The summed E-state index contributed by atoms with van der Waals surface area (Å²) in [7, 11) is 0. The molecule has 1 aromatic carbocycles. The highest BCUT2D eigenvalue weighted by atomic mass is 16.1. The second kappa shape index (κ2) is 8.12. The fourth-order valence-electron chi connectivity index (χ4n) is 3.47. The van der Waals surface area contributed by atoms with E-state index in [0.717, 1.165) is 30.8 Å². The van der Waals surface area contributed by atoms with Crippen LogP contribution in [0, 0.1) is 6.92 Å². The molecule has 0 spiro atoms. The highest BCUT2D eigenvalue weighted by molar-refractivity contribution is 5.99. The molecule has 1 amide bonds. The molecule has 4 rings (SSSR count). The lowest BCUT2D eigenvalue weighted by Crippen LogP contribution is -2.48. The second-order valence-corrected chi connectivity index (χ2v) is 6.87. The lowest BCUT2D eigenvalue weighted by molar-refractivity contribution is 0.0933. The van der Waals surface area contributed by atoms with Gasteiger partial charge in [-0.15, -0.1) is 0 Å². The highest BCUT2D eigenvalue weighted by Gasteiger charge is 2.24. The van der Waals surface area contributed by atoms with Gasteiger partial charge in [-0.2, -0.15) is 0 Å². The Bertz CT molecular complexity index is 948. The van der Waals surface area contributed by atoms with Crippen molar-refractivity contribution in [1.82, 2.24) is 25.3 Å². The van der Waals surface area contributed by atoms with Crippen molar-refractivity contribution in [2.24, 2.45) is 0 Å². The lowest BCUT2D eigenvalue weighted by Gasteiger charge is -2.33. The van der Waals surface area contributed by atoms with Crippen molar-refractivity contribution in [2.45, 2.75) is 25.8 Å². The van der Waals surface area contributed by atoms with Crippen molar-refractivity contribution in [2.75, 3.05) is 18.0 Å². The number of amides is 1. The molecule has 1 saturated heterocycles. The summed E-state index contributed by atoms with van der Waals surface area (Å²) >= 11 is 0. The fourth-order valence-corrected chi connectivity index (χ4v) is 3.47. The molecule has 0 saturated carbocycles. The molecule has 0 bridgehead atoms. The van der Waals surface area contributed by atoms with E-state index in [1.54, 1.807) is 24.8 Å². The molecule has 0 radical (unpaired) electrons. The number of rotatable bonds is 4. The number of carbonyl (C=O) groups is 1. The molecule has 1 unspecified atom stereocenters. The number of carbonyl (C=O) groups excluding carboxylic acids is 1. The minimum Gasteiger partial charge on any atom is -0.353 e. The van der Waals surface area contributed by atoms with Gasteiger partial charge in [-0.05, 0) is 19.8 Å². The molecule has 1 aliphatic rings. The van der Waals surface area contributed by atoms with E-state index in [2.05, 4.69) is 30.2 Å². The van der Waals surface area contributed by atoms with Crippen LogP contribution in [0.15, 0.2) is 55.1 Å². The molecule has 142 valence electrons. The molecule has 3 heterocycles. The van der Waals surface area contributed by atoms with Crippen molar-refractivity contribution >= 4 is 11.7 Å². The monoisotopic (exact) mass is 374 g/mol. The summed E-state index contributed by atoms with van der Waals surface area (Å²) < 4.78 is 0. The number of aryl methyl sites for hydroxylation is 1. The quantitative estimate of drug-likeness (QED) is 0.756. The highest BCUT2D eigenvalue weighted by Crippen LogP contribution is 2.22. The summed E-state index contributed by atoms with van der Waals surface area (Å²) in [4.78, 5) is 32.4. The molecule has 7 nitrogen and oxygen atoms in total. The molecule has 1 N–H and O–H groups in total. The van der Waals surface area contributed by atoms with Gasteiger partial charge in [0.05, 0.1) is 17.5 Å². The molecule has 28 heavy (non-hydrogen) atoms. The minimum atomic E-state index is -0.148. The Balaban J connectivity index is 1.53. The maximum atomic E-state index is 13.0. The van der Waals surface area contributed by atoms with E-state index in [1.807, 2.05) is 37.3 Å². The standard InChI is InChI=1S/C21H22N6O/c1-15-24-12-18(20(25-15)16-6-3-2-4-7-16)21(28)26-17-8-5-11-27(14-17)19-13-22-9-10-23-19/h2-4,6-7,9-10,12-13,17H,5,8,11,14H2,1H3,(H,26,28). The number of hydrogen-bond acceptors (Lipinski definition) is 6. The van der Waals surface area contributed by atoms with Gasteiger partial charge >= 0.3 is 0 Å². The van der Waals surface area contributed by atoms with Crippen molar-refractivity contribution in [3.8, 4) is 11.3 Å². The zero-order valence-electron chi connectivity index (χ0n) is 15.7. The SMILES string of the molecule is Cc1ncc(C(=O)NC2CCCN(c3cnccn3)C2)c(-c2ccccc2)n1. The molecule has 0 aliphatic carbocycles. The van der Waals surface area contributed by atoms with Gasteiger partial charge in [0.25, 0.3) is 5.91 Å². The number of benzene rings is 1. The van der Waals surface area contributed by atoms with Gasteiger partial charge < -0.3 is 10.2 Å². The average molecular weight is 374 g/mol. The Morgan fingerprint density at radius 2 is 2.00 bits per heavy atom. The van der Waals surface area contributed by atoms with Crippen LogP contribution < -0.4 is 10.2 Å². The fraction of sp³-hybridized carbons (Fsp3) is 0.286. The van der Waals surface area contributed by atoms with E-state index in [4.69, 9.17) is 0 Å². The zero-order valence-corrected chi connectivity index (χ0v) is 15.7. The summed E-state index contributed by atoms with van der Waals surface area (Å²) in [6.07, 6.45) is 8.63. The van der Waals surface area contributed by atoms with E-state index < -0.39 is 0 Å². The largest absolute Gasteiger partial charge is 0.353 e. The van der Waals surface area contributed by atoms with Crippen LogP contribution in [0.5, 0.6) is 0 Å². The average Bonchev–Trinajstić information content (AvgIpc) is 2.75. The molecule has 2 aromatic heterocycles. The van der Waals surface area contributed by atoms with Gasteiger partial charge in [-0.1, -0.05) is 30.3 Å². The molecule has 1 aliphatic heterocycles. The summed E-state index contributed by atoms with van der Waals surface area (Å²) in [5, 5.41) is 3.16. The predicted octanol–water partition coefficient (Wildman–Crippen LogP) is 2.64. The first-order valence-electron chi connectivity index (χ1n) is 9.41. The van der Waals surface area contributed by atoms with E-state index in [1.165, 1.54) is 0 Å². The maximum absolute atomic E-state index is 13.0. The first-order chi connectivity index (χ1) is 13.7. The van der Waals surface area contributed by atoms with Crippen LogP contribution in [-0.2, 0) is 0 Å². The number of anilines is 1. The Kier molecular flexibility index (Phi) is 5.23. The molecule has 1 fully saturated rings. The Morgan fingerprint density at radius 3 is 2.79 bits per heavy atom. The second-order valence-electron chi connectivity index (χ2n) is 6.87. The summed E-state index contributed by atoms with van der Waals surface area (Å²) in [6.45, 7) is 3.44. The van der Waals surface area contributed by atoms with Crippen LogP contribution in [0.25, 0.3) is 11.3 Å². The van der Waals surface area contributed by atoms with Gasteiger partial charge in [0, 0.05) is 43.3 Å². The summed E-state index contributed by atoms with van der Waals surface area (Å²) in [5.74, 6) is 1.33. The van der Waals surface area contributed by atoms with E-state index in [9.17, 15) is 4.79 Å². The topological polar surface area (TPSA) is 83.9 Å². The van der Waals surface area contributed by atoms with Crippen LogP contribution in [0.3, 0.4) is 0 Å². The van der Waals surface area contributed by atoms with E-state index >= 15 is 0 Å². The van der Waals surface area contributed by atoms with Gasteiger partial charge in [0.1, 0.15) is 11.6 Å². The molecular weight excluding hydrogens is 352 g/mol. The third-order valence-corrected chi connectivity index (χ3v) is 4.83. The van der Waals surface area contributed by atoms with E-state index in [-0.39, 0.29) is 11.9 Å². The van der Waals surface area contributed by atoms with Crippen molar-refractivity contribution in [3.05, 3.63) is 66.5 Å². The van der Waals surface area contributed by atoms with E-state index in [0.29, 0.717) is 23.6 Å². The number of nitrogens with zero attached hydrogens (tertiary/aromatic N) is 5.